The Morgan fingerprint density at radius 1 is 1.08 bits per heavy atom. The molecule has 2 rings (SSSR count). The molecule has 0 bridgehead atoms. The second kappa shape index (κ2) is 9.52. The van der Waals surface area contributed by atoms with Crippen molar-refractivity contribution in [3.63, 3.8) is 0 Å². The first-order chi connectivity index (χ1) is 12.5. The summed E-state index contributed by atoms with van der Waals surface area (Å²) >= 11 is 1.19. The lowest BCUT2D eigenvalue weighted by molar-refractivity contribution is -0.114. The Hall–Kier alpha value is -2.94. The summed E-state index contributed by atoms with van der Waals surface area (Å²) in [6, 6.07) is 9.90. The van der Waals surface area contributed by atoms with E-state index in [0.717, 1.165) is 0 Å². The fourth-order valence-corrected chi connectivity index (χ4v) is 2.56. The minimum absolute atomic E-state index is 0.0886. The van der Waals surface area contributed by atoms with Crippen LogP contribution in [0.1, 0.15) is 24.2 Å². The smallest absolute Gasteiger partial charge is 0.340 e. The first-order valence-electron chi connectivity index (χ1n) is 7.79. The number of esters is 1. The van der Waals surface area contributed by atoms with Crippen molar-refractivity contribution in [1.29, 1.82) is 0 Å². The molecule has 136 valence electrons. The van der Waals surface area contributed by atoms with E-state index in [0.29, 0.717) is 22.1 Å². The summed E-state index contributed by atoms with van der Waals surface area (Å²) in [4.78, 5) is 35.0. The fourth-order valence-electron chi connectivity index (χ4n) is 1.95. The topological polar surface area (TPSA) is 110 Å². The number of hydrogen-bond donors (Lipinski definition) is 2. The molecule has 0 aliphatic carbocycles. The monoisotopic (exact) mass is 374 g/mol. The van der Waals surface area contributed by atoms with Gasteiger partial charge in [-0.3, -0.25) is 9.59 Å². The molecule has 0 unspecified atom stereocenters. The van der Waals surface area contributed by atoms with E-state index < -0.39 is 5.97 Å². The van der Waals surface area contributed by atoms with Gasteiger partial charge in [-0.25, -0.2) is 4.79 Å². The van der Waals surface area contributed by atoms with E-state index >= 15 is 0 Å². The van der Waals surface area contributed by atoms with E-state index in [-0.39, 0.29) is 24.2 Å². The SMILES string of the molecule is CCOC(=O)c1ccccc1NC(=O)CSc1ccc(NC(C)=O)nn1. The Labute approximate surface area is 154 Å². The standard InChI is InChI=1S/C17H18N4O4S/c1-3-25-17(24)12-6-4-5-7-13(12)19-15(23)10-26-16-9-8-14(20-21-16)18-11(2)22/h4-9H,3,10H2,1-2H3,(H,19,23)(H,18,20,22). The van der Waals surface area contributed by atoms with Gasteiger partial charge in [-0.2, -0.15) is 0 Å². The minimum Gasteiger partial charge on any atom is -0.462 e. The summed E-state index contributed by atoms with van der Waals surface area (Å²) < 4.78 is 4.97. The quantitative estimate of drug-likeness (QED) is 0.565. The Kier molecular flexibility index (Phi) is 7.10. The van der Waals surface area contributed by atoms with Crippen LogP contribution in [-0.4, -0.2) is 40.3 Å². The zero-order chi connectivity index (χ0) is 18.9. The third-order valence-electron chi connectivity index (χ3n) is 2.99. The van der Waals surface area contributed by atoms with Crippen molar-refractivity contribution < 1.29 is 19.1 Å². The van der Waals surface area contributed by atoms with Crippen LogP contribution in [0.5, 0.6) is 0 Å². The summed E-state index contributed by atoms with van der Waals surface area (Å²) in [6.07, 6.45) is 0. The van der Waals surface area contributed by atoms with Gasteiger partial charge in [0.2, 0.25) is 11.8 Å². The van der Waals surface area contributed by atoms with Crippen LogP contribution in [0.2, 0.25) is 0 Å². The maximum Gasteiger partial charge on any atom is 0.340 e. The Morgan fingerprint density at radius 2 is 1.85 bits per heavy atom. The highest BCUT2D eigenvalue weighted by molar-refractivity contribution is 7.99. The normalized spacial score (nSPS) is 10.1. The van der Waals surface area contributed by atoms with Crippen molar-refractivity contribution in [2.45, 2.75) is 18.9 Å². The van der Waals surface area contributed by atoms with Gasteiger partial charge in [0, 0.05) is 6.92 Å². The summed E-state index contributed by atoms with van der Waals surface area (Å²) in [5, 5.41) is 13.5. The van der Waals surface area contributed by atoms with Crippen LogP contribution < -0.4 is 10.6 Å². The molecular formula is C17H18N4O4S. The molecule has 8 nitrogen and oxygen atoms in total. The summed E-state index contributed by atoms with van der Waals surface area (Å²) in [5.41, 5.74) is 0.691. The average molecular weight is 374 g/mol. The second-order valence-corrected chi connectivity index (χ2v) is 6.04. The van der Waals surface area contributed by atoms with Gasteiger partial charge in [0.15, 0.2) is 5.82 Å². The first-order valence-corrected chi connectivity index (χ1v) is 8.78. The van der Waals surface area contributed by atoms with Crippen molar-refractivity contribution in [2.75, 3.05) is 23.0 Å². The molecule has 0 spiro atoms. The van der Waals surface area contributed by atoms with Gasteiger partial charge < -0.3 is 15.4 Å². The van der Waals surface area contributed by atoms with E-state index in [4.69, 9.17) is 4.74 Å². The van der Waals surface area contributed by atoms with Gasteiger partial charge in [-0.1, -0.05) is 23.9 Å². The highest BCUT2D eigenvalue weighted by Gasteiger charge is 2.14. The van der Waals surface area contributed by atoms with Crippen LogP contribution in [0.4, 0.5) is 11.5 Å². The highest BCUT2D eigenvalue weighted by Crippen LogP contribution is 2.19. The van der Waals surface area contributed by atoms with Crippen LogP contribution in [0.25, 0.3) is 0 Å². The molecule has 1 aromatic heterocycles. The molecule has 0 fully saturated rings. The van der Waals surface area contributed by atoms with E-state index in [1.165, 1.54) is 18.7 Å². The number of amides is 2. The molecule has 1 heterocycles. The molecule has 9 heteroatoms. The number of thioether (sulfide) groups is 1. The summed E-state index contributed by atoms with van der Waals surface area (Å²) in [5.74, 6) is -0.588. The number of benzene rings is 1. The number of carbonyl (C=O) groups is 3. The first kappa shape index (κ1) is 19.4. The third-order valence-corrected chi connectivity index (χ3v) is 3.91. The number of ether oxygens (including phenoxy) is 1. The van der Waals surface area contributed by atoms with Crippen LogP contribution >= 0.6 is 11.8 Å². The molecular weight excluding hydrogens is 356 g/mol. The summed E-state index contributed by atoms with van der Waals surface area (Å²) in [6.45, 7) is 3.35. The van der Waals surface area contributed by atoms with Crippen molar-refractivity contribution in [2.24, 2.45) is 0 Å². The second-order valence-electron chi connectivity index (χ2n) is 5.04. The maximum absolute atomic E-state index is 12.1. The summed E-state index contributed by atoms with van der Waals surface area (Å²) in [7, 11) is 0. The lowest BCUT2D eigenvalue weighted by Crippen LogP contribution is -2.17. The average Bonchev–Trinajstić information content (AvgIpc) is 2.61. The van der Waals surface area contributed by atoms with Gasteiger partial charge in [-0.05, 0) is 31.2 Å². The van der Waals surface area contributed by atoms with Gasteiger partial charge in [0.1, 0.15) is 5.03 Å². The minimum atomic E-state index is -0.490. The molecule has 2 N–H and O–H groups in total. The molecule has 26 heavy (non-hydrogen) atoms. The van der Waals surface area contributed by atoms with Crippen LogP contribution in [-0.2, 0) is 14.3 Å². The Morgan fingerprint density at radius 3 is 2.50 bits per heavy atom. The van der Waals surface area contributed by atoms with Gasteiger partial charge in [0.05, 0.1) is 23.6 Å². The fraction of sp³-hybridized carbons (Fsp3) is 0.235. The number of nitrogens with one attached hydrogen (secondary N) is 2. The highest BCUT2D eigenvalue weighted by atomic mass is 32.2. The van der Waals surface area contributed by atoms with E-state index in [1.807, 2.05) is 0 Å². The molecule has 2 aromatic rings. The predicted molar refractivity (Wildman–Crippen MR) is 98.1 cm³/mol. The maximum atomic E-state index is 12.1. The molecule has 0 aliphatic rings. The molecule has 0 atom stereocenters. The number of nitrogens with zero attached hydrogens (tertiary/aromatic N) is 2. The van der Waals surface area contributed by atoms with Crippen LogP contribution in [0.3, 0.4) is 0 Å². The number of para-hydroxylation sites is 1. The number of rotatable bonds is 7. The van der Waals surface area contributed by atoms with Crippen LogP contribution in [0.15, 0.2) is 41.4 Å². The molecule has 0 saturated heterocycles. The van der Waals surface area contributed by atoms with Gasteiger partial charge >= 0.3 is 5.97 Å². The molecule has 2 amide bonds. The van der Waals surface area contributed by atoms with Crippen molar-refractivity contribution in [3.05, 3.63) is 42.0 Å². The van der Waals surface area contributed by atoms with Crippen molar-refractivity contribution in [3.8, 4) is 0 Å². The molecule has 0 saturated carbocycles. The number of carbonyl (C=O) groups excluding carboxylic acids is 3. The van der Waals surface area contributed by atoms with Crippen molar-refractivity contribution >= 4 is 41.1 Å². The van der Waals surface area contributed by atoms with E-state index in [9.17, 15) is 14.4 Å². The van der Waals surface area contributed by atoms with E-state index in [1.54, 1.807) is 43.3 Å². The zero-order valence-corrected chi connectivity index (χ0v) is 15.1. The van der Waals surface area contributed by atoms with Gasteiger partial charge in [-0.15, -0.1) is 10.2 Å². The zero-order valence-electron chi connectivity index (χ0n) is 14.3. The lowest BCUT2D eigenvalue weighted by Gasteiger charge is -2.10. The molecule has 0 aliphatic heterocycles. The lowest BCUT2D eigenvalue weighted by atomic mass is 10.2. The van der Waals surface area contributed by atoms with E-state index in [2.05, 4.69) is 20.8 Å². The number of anilines is 2. The van der Waals surface area contributed by atoms with Crippen molar-refractivity contribution in [1.82, 2.24) is 10.2 Å². The number of hydrogen-bond acceptors (Lipinski definition) is 7. The Bertz CT molecular complexity index is 796. The Balaban J connectivity index is 1.93. The predicted octanol–water partition coefficient (Wildman–Crippen LogP) is 2.34. The third kappa shape index (κ3) is 5.85. The van der Waals surface area contributed by atoms with Gasteiger partial charge in [0.25, 0.3) is 0 Å². The molecule has 0 radical (unpaired) electrons. The number of aromatic nitrogens is 2. The molecule has 1 aromatic carbocycles. The largest absolute Gasteiger partial charge is 0.462 e. The van der Waals surface area contributed by atoms with Crippen LogP contribution in [0, 0.1) is 0 Å².